The molecule has 2 aromatic rings. The van der Waals surface area contributed by atoms with Crippen molar-refractivity contribution in [3.05, 3.63) is 59.2 Å². The molecule has 0 spiro atoms. The molecule has 1 heterocycles. The standard InChI is InChI=1S/C22H23NO6/c1-14(24)15-4-7-18(8-5-15)28-11-2-3-20(25)23-21(22(26)27)17-6-9-19-16(13-17)10-12-29-19/h4-9,13,21H,2-3,10-12H2,1H3,(H,23,25)(H,26,27). The van der Waals surface area contributed by atoms with Gasteiger partial charge in [0.2, 0.25) is 5.91 Å². The highest BCUT2D eigenvalue weighted by Crippen LogP contribution is 2.28. The summed E-state index contributed by atoms with van der Waals surface area (Å²) in [5.41, 5.74) is 2.08. The van der Waals surface area contributed by atoms with E-state index in [1.807, 2.05) is 0 Å². The highest BCUT2D eigenvalue weighted by Gasteiger charge is 2.24. The summed E-state index contributed by atoms with van der Waals surface area (Å²) in [5, 5.41) is 12.1. The molecule has 0 saturated carbocycles. The molecular formula is C22H23NO6. The van der Waals surface area contributed by atoms with E-state index in [9.17, 15) is 19.5 Å². The summed E-state index contributed by atoms with van der Waals surface area (Å²) in [4.78, 5) is 35.1. The first-order valence-corrected chi connectivity index (χ1v) is 9.45. The van der Waals surface area contributed by atoms with E-state index in [1.165, 1.54) is 6.92 Å². The van der Waals surface area contributed by atoms with Crippen molar-refractivity contribution in [1.82, 2.24) is 5.32 Å². The molecule has 0 fully saturated rings. The van der Waals surface area contributed by atoms with Gasteiger partial charge in [0, 0.05) is 18.4 Å². The van der Waals surface area contributed by atoms with Gasteiger partial charge in [-0.2, -0.15) is 0 Å². The lowest BCUT2D eigenvalue weighted by Crippen LogP contribution is -2.33. The van der Waals surface area contributed by atoms with E-state index >= 15 is 0 Å². The van der Waals surface area contributed by atoms with Crippen molar-refractivity contribution in [2.24, 2.45) is 0 Å². The van der Waals surface area contributed by atoms with E-state index in [4.69, 9.17) is 9.47 Å². The molecule has 0 radical (unpaired) electrons. The van der Waals surface area contributed by atoms with E-state index in [0.29, 0.717) is 36.5 Å². The van der Waals surface area contributed by atoms with E-state index in [1.54, 1.807) is 42.5 Å². The molecule has 1 aliphatic rings. The van der Waals surface area contributed by atoms with Gasteiger partial charge in [0.25, 0.3) is 0 Å². The lowest BCUT2D eigenvalue weighted by atomic mass is 10.0. The summed E-state index contributed by atoms with van der Waals surface area (Å²) >= 11 is 0. The van der Waals surface area contributed by atoms with Crippen LogP contribution >= 0.6 is 0 Å². The van der Waals surface area contributed by atoms with Crippen molar-refractivity contribution in [3.63, 3.8) is 0 Å². The third-order valence-corrected chi connectivity index (χ3v) is 4.68. The largest absolute Gasteiger partial charge is 0.494 e. The normalized spacial score (nSPS) is 13.1. The molecule has 7 nitrogen and oxygen atoms in total. The van der Waals surface area contributed by atoms with Crippen LogP contribution in [0.5, 0.6) is 11.5 Å². The maximum Gasteiger partial charge on any atom is 0.330 e. The summed E-state index contributed by atoms with van der Waals surface area (Å²) < 4.78 is 11.0. The predicted molar refractivity (Wildman–Crippen MR) is 105 cm³/mol. The molecule has 7 heteroatoms. The second kappa shape index (κ2) is 9.23. The van der Waals surface area contributed by atoms with Crippen molar-refractivity contribution in [3.8, 4) is 11.5 Å². The maximum atomic E-state index is 12.2. The van der Waals surface area contributed by atoms with Crippen LogP contribution in [0.1, 0.15) is 47.3 Å². The zero-order valence-electron chi connectivity index (χ0n) is 16.1. The Hall–Kier alpha value is -3.35. The molecule has 29 heavy (non-hydrogen) atoms. The van der Waals surface area contributed by atoms with E-state index in [0.717, 1.165) is 17.7 Å². The Labute approximate surface area is 168 Å². The number of hydrogen-bond acceptors (Lipinski definition) is 5. The quantitative estimate of drug-likeness (QED) is 0.498. The van der Waals surface area contributed by atoms with E-state index in [2.05, 4.69) is 5.32 Å². The van der Waals surface area contributed by atoms with Gasteiger partial charge in [-0.15, -0.1) is 0 Å². The van der Waals surface area contributed by atoms with Crippen LogP contribution in [-0.2, 0) is 16.0 Å². The molecule has 3 rings (SSSR count). The molecule has 0 bridgehead atoms. The zero-order valence-corrected chi connectivity index (χ0v) is 16.1. The van der Waals surface area contributed by atoms with Crippen LogP contribution < -0.4 is 14.8 Å². The van der Waals surface area contributed by atoms with E-state index in [-0.39, 0.29) is 18.1 Å². The number of aliphatic carboxylic acids is 1. The topological polar surface area (TPSA) is 102 Å². The summed E-state index contributed by atoms with van der Waals surface area (Å²) in [6.45, 7) is 2.39. The number of carbonyl (C=O) groups is 3. The number of Topliss-reactive ketones (excluding diaryl/α,β-unsaturated/α-hetero) is 1. The number of nitrogens with one attached hydrogen (secondary N) is 1. The third kappa shape index (κ3) is 5.34. The number of carboxylic acid groups (broad SMARTS) is 1. The Morgan fingerprint density at radius 2 is 1.93 bits per heavy atom. The predicted octanol–water partition coefficient (Wildman–Crippen LogP) is 2.93. The smallest absolute Gasteiger partial charge is 0.330 e. The van der Waals surface area contributed by atoms with Crippen molar-refractivity contribution in [1.29, 1.82) is 0 Å². The molecule has 152 valence electrons. The Morgan fingerprint density at radius 3 is 2.62 bits per heavy atom. The van der Waals surface area contributed by atoms with Gasteiger partial charge < -0.3 is 19.9 Å². The number of benzene rings is 2. The second-order valence-electron chi connectivity index (χ2n) is 6.84. The lowest BCUT2D eigenvalue weighted by molar-refractivity contribution is -0.142. The summed E-state index contributed by atoms with van der Waals surface area (Å²) in [5.74, 6) is -0.113. The first-order valence-electron chi connectivity index (χ1n) is 9.45. The minimum atomic E-state index is -1.11. The second-order valence-corrected chi connectivity index (χ2v) is 6.84. The Kier molecular flexibility index (Phi) is 6.49. The number of ether oxygens (including phenoxy) is 2. The van der Waals surface area contributed by atoms with Gasteiger partial charge in [-0.05, 0) is 60.9 Å². The number of hydrogen-bond donors (Lipinski definition) is 2. The molecule has 0 aromatic heterocycles. The zero-order chi connectivity index (χ0) is 20.8. The molecule has 1 atom stereocenters. The van der Waals surface area contributed by atoms with Crippen LogP contribution in [0.2, 0.25) is 0 Å². The number of fused-ring (bicyclic) bond motifs is 1. The van der Waals surface area contributed by atoms with Crippen LogP contribution in [0, 0.1) is 0 Å². The van der Waals surface area contributed by atoms with Gasteiger partial charge >= 0.3 is 5.97 Å². The maximum absolute atomic E-state index is 12.2. The Morgan fingerprint density at radius 1 is 1.17 bits per heavy atom. The molecule has 2 N–H and O–H groups in total. The van der Waals surface area contributed by atoms with Crippen LogP contribution in [0.4, 0.5) is 0 Å². The van der Waals surface area contributed by atoms with Crippen LogP contribution in [-0.4, -0.2) is 36.0 Å². The van der Waals surface area contributed by atoms with Crippen LogP contribution in [0.3, 0.4) is 0 Å². The van der Waals surface area contributed by atoms with Gasteiger partial charge in [-0.3, -0.25) is 9.59 Å². The number of carboxylic acids is 1. The molecule has 2 aromatic carbocycles. The fraction of sp³-hybridized carbons (Fsp3) is 0.318. The SMILES string of the molecule is CC(=O)c1ccc(OCCCC(=O)NC(C(=O)O)c2ccc3c(c2)CCO3)cc1. The molecular weight excluding hydrogens is 374 g/mol. The fourth-order valence-corrected chi connectivity index (χ4v) is 3.12. The Bertz CT molecular complexity index is 906. The lowest BCUT2D eigenvalue weighted by Gasteiger charge is -2.16. The highest BCUT2D eigenvalue weighted by molar-refractivity contribution is 5.94. The monoisotopic (exact) mass is 397 g/mol. The highest BCUT2D eigenvalue weighted by atomic mass is 16.5. The first kappa shape index (κ1) is 20.4. The van der Waals surface area contributed by atoms with Gasteiger partial charge in [-0.1, -0.05) is 6.07 Å². The number of amides is 1. The van der Waals surface area contributed by atoms with Gasteiger partial charge in [0.05, 0.1) is 13.2 Å². The minimum absolute atomic E-state index is 0.0166. The van der Waals surface area contributed by atoms with Crippen molar-refractivity contribution in [2.75, 3.05) is 13.2 Å². The molecule has 0 aliphatic carbocycles. The number of ketones is 1. The number of rotatable bonds is 9. The summed E-state index contributed by atoms with van der Waals surface area (Å²) in [7, 11) is 0. The van der Waals surface area contributed by atoms with Crippen LogP contribution in [0.25, 0.3) is 0 Å². The molecule has 1 unspecified atom stereocenters. The Balaban J connectivity index is 1.48. The molecule has 1 amide bonds. The third-order valence-electron chi connectivity index (χ3n) is 4.68. The van der Waals surface area contributed by atoms with Gasteiger partial charge in [0.1, 0.15) is 11.5 Å². The summed E-state index contributed by atoms with van der Waals surface area (Å²) in [6, 6.07) is 10.8. The van der Waals surface area contributed by atoms with Gasteiger partial charge in [0.15, 0.2) is 11.8 Å². The van der Waals surface area contributed by atoms with Crippen molar-refractivity contribution < 1.29 is 29.0 Å². The van der Waals surface area contributed by atoms with Crippen LogP contribution in [0.15, 0.2) is 42.5 Å². The molecule has 1 aliphatic heterocycles. The number of carbonyl (C=O) groups excluding carboxylic acids is 2. The molecule has 0 saturated heterocycles. The minimum Gasteiger partial charge on any atom is -0.494 e. The first-order chi connectivity index (χ1) is 13.9. The van der Waals surface area contributed by atoms with Crippen molar-refractivity contribution >= 4 is 17.7 Å². The fourth-order valence-electron chi connectivity index (χ4n) is 3.12. The van der Waals surface area contributed by atoms with Gasteiger partial charge in [-0.25, -0.2) is 4.79 Å². The average molecular weight is 397 g/mol. The summed E-state index contributed by atoms with van der Waals surface area (Å²) in [6.07, 6.45) is 1.31. The van der Waals surface area contributed by atoms with Crippen molar-refractivity contribution in [2.45, 2.75) is 32.2 Å². The average Bonchev–Trinajstić information content (AvgIpc) is 3.17. The van der Waals surface area contributed by atoms with E-state index < -0.39 is 12.0 Å².